The van der Waals surface area contributed by atoms with E-state index in [1.54, 1.807) is 6.07 Å². The van der Waals surface area contributed by atoms with Crippen LogP contribution in [-0.4, -0.2) is 71.6 Å². The van der Waals surface area contributed by atoms with E-state index in [-0.39, 0.29) is 30.7 Å². The maximum Gasteiger partial charge on any atom is 0.251 e. The molecule has 0 radical (unpaired) electrons. The Morgan fingerprint density at radius 2 is 2.08 bits per heavy atom. The average molecular weight is 366 g/mol. The van der Waals surface area contributed by atoms with Crippen LogP contribution in [-0.2, 0) is 4.74 Å². The van der Waals surface area contributed by atoms with Gasteiger partial charge in [-0.15, -0.1) is 0 Å². The number of likely N-dealkylation sites (tertiary alicyclic amines) is 1. The maximum atomic E-state index is 13.3. The van der Waals surface area contributed by atoms with Gasteiger partial charge in [0, 0.05) is 12.1 Å². The number of hydrogen-bond acceptors (Lipinski definition) is 5. The van der Waals surface area contributed by atoms with Gasteiger partial charge in [-0.05, 0) is 50.0 Å². The number of halogens is 1. The number of piperidine rings is 1. The van der Waals surface area contributed by atoms with E-state index in [0.29, 0.717) is 5.92 Å². The molecule has 3 rings (SSSR count). The monoisotopic (exact) mass is 366 g/mol. The van der Waals surface area contributed by atoms with Crippen LogP contribution in [0.1, 0.15) is 30.1 Å². The first-order valence-electron chi connectivity index (χ1n) is 9.21. The SMILES string of the molecule is CC1CCN([C@H]2[C@H](O)[C@H](CO)O[C@@H]2CNC(=O)c2cccc(F)c2)CC1. The average Bonchev–Trinajstić information content (AvgIpc) is 2.96. The van der Waals surface area contributed by atoms with Crippen molar-refractivity contribution < 1.29 is 24.1 Å². The minimum atomic E-state index is -0.801. The first kappa shape index (κ1) is 19.2. The first-order chi connectivity index (χ1) is 12.5. The molecule has 0 spiro atoms. The highest BCUT2D eigenvalue weighted by atomic mass is 19.1. The predicted molar refractivity (Wildman–Crippen MR) is 94.2 cm³/mol. The molecule has 1 aromatic rings. The standard InChI is InChI=1S/C19H27FN2O4/c1-12-5-7-22(8-6-12)17-15(26-16(11-23)18(17)24)10-21-19(25)13-3-2-4-14(20)9-13/h2-4,9,12,15-18,23-24H,5-8,10-11H2,1H3,(H,21,25)/t15-,16+,17-,18-/m1/s1. The van der Waals surface area contributed by atoms with Gasteiger partial charge in [-0.25, -0.2) is 4.39 Å². The number of carbonyl (C=O) groups is 1. The number of amides is 1. The fourth-order valence-electron chi connectivity index (χ4n) is 3.85. The third kappa shape index (κ3) is 4.23. The normalized spacial score (nSPS) is 30.5. The Morgan fingerprint density at radius 1 is 1.35 bits per heavy atom. The highest BCUT2D eigenvalue weighted by Gasteiger charge is 2.46. The van der Waals surface area contributed by atoms with Crippen molar-refractivity contribution in [3.05, 3.63) is 35.6 Å². The van der Waals surface area contributed by atoms with Crippen molar-refractivity contribution in [2.24, 2.45) is 5.92 Å². The zero-order chi connectivity index (χ0) is 18.7. The van der Waals surface area contributed by atoms with Gasteiger partial charge in [0.2, 0.25) is 0 Å². The summed E-state index contributed by atoms with van der Waals surface area (Å²) in [7, 11) is 0. The van der Waals surface area contributed by atoms with Gasteiger partial charge in [0.15, 0.2) is 0 Å². The molecular formula is C19H27FN2O4. The first-order valence-corrected chi connectivity index (χ1v) is 9.21. The number of nitrogens with zero attached hydrogens (tertiary/aromatic N) is 1. The third-order valence-electron chi connectivity index (χ3n) is 5.43. The second-order valence-electron chi connectivity index (χ2n) is 7.32. The summed E-state index contributed by atoms with van der Waals surface area (Å²) in [5.74, 6) is -0.197. The molecule has 1 amide bonds. The second kappa shape index (κ2) is 8.43. The number of rotatable bonds is 5. The summed E-state index contributed by atoms with van der Waals surface area (Å²) in [5, 5.41) is 22.8. The minimum absolute atomic E-state index is 0.194. The van der Waals surface area contributed by atoms with Gasteiger partial charge in [0.25, 0.3) is 5.91 Å². The number of benzene rings is 1. The van der Waals surface area contributed by atoms with E-state index in [1.807, 2.05) is 0 Å². The zero-order valence-corrected chi connectivity index (χ0v) is 15.0. The number of carbonyl (C=O) groups excluding carboxylic acids is 1. The number of nitrogens with one attached hydrogen (secondary N) is 1. The van der Waals surface area contributed by atoms with E-state index in [2.05, 4.69) is 17.1 Å². The quantitative estimate of drug-likeness (QED) is 0.717. The van der Waals surface area contributed by atoms with Gasteiger partial charge in [-0.2, -0.15) is 0 Å². The van der Waals surface area contributed by atoms with E-state index < -0.39 is 24.1 Å². The van der Waals surface area contributed by atoms with Crippen LogP contribution in [0.15, 0.2) is 24.3 Å². The van der Waals surface area contributed by atoms with Crippen LogP contribution in [0.2, 0.25) is 0 Å². The van der Waals surface area contributed by atoms with Crippen molar-refractivity contribution >= 4 is 5.91 Å². The molecule has 2 aliphatic rings. The Hall–Kier alpha value is -1.54. The van der Waals surface area contributed by atoms with Gasteiger partial charge in [0.1, 0.15) is 18.0 Å². The predicted octanol–water partition coefficient (Wildman–Crippen LogP) is 0.777. The number of aliphatic hydroxyl groups excluding tert-OH is 2. The van der Waals surface area contributed by atoms with Crippen molar-refractivity contribution in [2.75, 3.05) is 26.2 Å². The molecule has 2 heterocycles. The maximum absolute atomic E-state index is 13.3. The molecule has 0 aliphatic carbocycles. The highest BCUT2D eigenvalue weighted by molar-refractivity contribution is 5.94. The number of hydrogen-bond donors (Lipinski definition) is 3. The largest absolute Gasteiger partial charge is 0.394 e. The molecule has 0 aromatic heterocycles. The number of aliphatic hydroxyl groups is 2. The lowest BCUT2D eigenvalue weighted by Crippen LogP contribution is -2.53. The smallest absolute Gasteiger partial charge is 0.251 e. The van der Waals surface area contributed by atoms with Gasteiger partial charge in [-0.1, -0.05) is 13.0 Å². The van der Waals surface area contributed by atoms with E-state index in [1.165, 1.54) is 18.2 Å². The summed E-state index contributed by atoms with van der Waals surface area (Å²) >= 11 is 0. The molecule has 2 saturated heterocycles. The van der Waals surface area contributed by atoms with E-state index >= 15 is 0 Å². The Kier molecular flexibility index (Phi) is 6.24. The fourth-order valence-corrected chi connectivity index (χ4v) is 3.85. The topological polar surface area (TPSA) is 82.0 Å². The number of ether oxygens (including phenoxy) is 1. The van der Waals surface area contributed by atoms with Gasteiger partial charge >= 0.3 is 0 Å². The van der Waals surface area contributed by atoms with Crippen molar-refractivity contribution in [1.29, 1.82) is 0 Å². The van der Waals surface area contributed by atoms with E-state index in [4.69, 9.17) is 4.74 Å². The minimum Gasteiger partial charge on any atom is -0.394 e. The summed E-state index contributed by atoms with van der Waals surface area (Å²) in [6.07, 6.45) is 0.220. The summed E-state index contributed by atoms with van der Waals surface area (Å²) in [6.45, 7) is 3.86. The Labute approximate surface area is 153 Å². The lowest BCUT2D eigenvalue weighted by Gasteiger charge is -2.38. The Balaban J connectivity index is 1.65. The van der Waals surface area contributed by atoms with Crippen LogP contribution in [0, 0.1) is 11.7 Å². The molecule has 0 bridgehead atoms. The Bertz CT molecular complexity index is 621. The molecule has 4 atom stereocenters. The Morgan fingerprint density at radius 3 is 2.73 bits per heavy atom. The van der Waals surface area contributed by atoms with Crippen LogP contribution in [0.3, 0.4) is 0 Å². The summed E-state index contributed by atoms with van der Waals surface area (Å²) in [6, 6.07) is 5.22. The van der Waals surface area contributed by atoms with Crippen LogP contribution in [0.25, 0.3) is 0 Å². The van der Waals surface area contributed by atoms with Crippen LogP contribution in [0.5, 0.6) is 0 Å². The zero-order valence-electron chi connectivity index (χ0n) is 15.0. The van der Waals surface area contributed by atoms with Crippen LogP contribution >= 0.6 is 0 Å². The van der Waals surface area contributed by atoms with E-state index in [9.17, 15) is 19.4 Å². The molecule has 1 aromatic carbocycles. The molecule has 26 heavy (non-hydrogen) atoms. The van der Waals surface area contributed by atoms with Crippen molar-refractivity contribution in [2.45, 2.75) is 44.1 Å². The van der Waals surface area contributed by atoms with E-state index in [0.717, 1.165) is 25.9 Å². The van der Waals surface area contributed by atoms with Gasteiger partial charge < -0.3 is 20.3 Å². The van der Waals surface area contributed by atoms with Crippen molar-refractivity contribution in [3.63, 3.8) is 0 Å². The summed E-state index contributed by atoms with van der Waals surface area (Å²) in [4.78, 5) is 14.4. The van der Waals surface area contributed by atoms with Crippen LogP contribution in [0.4, 0.5) is 4.39 Å². The van der Waals surface area contributed by atoms with Crippen LogP contribution < -0.4 is 5.32 Å². The molecule has 3 N–H and O–H groups in total. The van der Waals surface area contributed by atoms with Crippen molar-refractivity contribution in [1.82, 2.24) is 10.2 Å². The van der Waals surface area contributed by atoms with Gasteiger partial charge in [0.05, 0.1) is 18.8 Å². The second-order valence-corrected chi connectivity index (χ2v) is 7.32. The third-order valence-corrected chi connectivity index (χ3v) is 5.43. The van der Waals surface area contributed by atoms with Gasteiger partial charge in [-0.3, -0.25) is 9.69 Å². The highest BCUT2D eigenvalue weighted by Crippen LogP contribution is 2.29. The molecule has 0 saturated carbocycles. The summed E-state index contributed by atoms with van der Waals surface area (Å²) < 4.78 is 19.1. The van der Waals surface area contributed by atoms with Crippen molar-refractivity contribution in [3.8, 4) is 0 Å². The lowest BCUT2D eigenvalue weighted by molar-refractivity contribution is -0.0209. The molecule has 6 nitrogen and oxygen atoms in total. The lowest BCUT2D eigenvalue weighted by atomic mass is 9.94. The molecule has 2 fully saturated rings. The fraction of sp³-hybridized carbons (Fsp3) is 0.632. The molecular weight excluding hydrogens is 339 g/mol. The molecule has 144 valence electrons. The summed E-state index contributed by atoms with van der Waals surface area (Å²) in [5.41, 5.74) is 0.241. The molecule has 2 aliphatic heterocycles. The molecule has 7 heteroatoms. The molecule has 0 unspecified atom stereocenters.